The van der Waals surface area contributed by atoms with Crippen LogP contribution in [0.3, 0.4) is 0 Å². The van der Waals surface area contributed by atoms with Crippen LogP contribution in [0.4, 0.5) is 22.7 Å². The van der Waals surface area contributed by atoms with Crippen LogP contribution in [0, 0.1) is 24.0 Å². The molecule has 0 saturated carbocycles. The molecule has 2 amide bonds. The number of ketones is 1. The first-order chi connectivity index (χ1) is 31.0. The Kier molecular flexibility index (Phi) is 36.7. The van der Waals surface area contributed by atoms with Crippen molar-refractivity contribution in [3.63, 3.8) is 0 Å². The third-order valence-corrected chi connectivity index (χ3v) is 11.0. The van der Waals surface area contributed by atoms with Crippen LogP contribution in [0.25, 0.3) is 0 Å². The third-order valence-electron chi connectivity index (χ3n) is 7.30. The Hall–Kier alpha value is -4.44. The fourth-order valence-corrected chi connectivity index (χ4v) is 6.61. The summed E-state index contributed by atoms with van der Waals surface area (Å²) in [6.45, 7) is 7.29. The number of amides is 2. The molecule has 0 fully saturated rings. The van der Waals surface area contributed by atoms with Gasteiger partial charge in [0, 0.05) is 11.4 Å². The number of para-hydroxylation sites is 3. The number of Topliss-reactive ketones (excluding diaryl/α,β-unsaturated/α-hetero) is 1. The van der Waals surface area contributed by atoms with Crippen LogP contribution < -0.4 is 80.2 Å². The summed E-state index contributed by atoms with van der Waals surface area (Å²) in [5, 5.41) is 31.8. The smallest absolute Gasteiger partial charge is 0.726 e. The molecule has 0 aliphatic rings. The van der Waals surface area contributed by atoms with Gasteiger partial charge < -0.3 is 47.8 Å². The van der Waals surface area contributed by atoms with E-state index >= 15 is 0 Å². The topological polar surface area (TPSA) is 417 Å². The van der Waals surface area contributed by atoms with E-state index < -0.39 is 58.7 Å². The number of nitrogens with zero attached hydrogens (tertiary/aromatic N) is 3. The number of carbonyl (C=O) groups is 3. The number of hydrogen-bond acceptors (Lipinski definition) is 21. The van der Waals surface area contributed by atoms with Gasteiger partial charge in [-0.15, -0.1) is 22.9 Å². The van der Waals surface area contributed by atoms with Gasteiger partial charge in [-0.2, -0.15) is 13.5 Å². The molecule has 25 nitrogen and oxygen atoms in total. The number of halogens is 1. The number of aryl methyl sites for hydroxylation is 1. The van der Waals surface area contributed by atoms with Gasteiger partial charge in [0.2, 0.25) is 16.3 Å². The zero-order valence-corrected chi connectivity index (χ0v) is 46.2. The van der Waals surface area contributed by atoms with Gasteiger partial charge in [-0.1, -0.05) is 36.1 Å². The number of rotatable bonds is 15. The number of methoxy groups -OCH3 is 1. The van der Waals surface area contributed by atoms with Gasteiger partial charge >= 0.3 is 69.5 Å². The average molecular weight is 1100 g/mol. The maximum absolute atomic E-state index is 12.4. The molecule has 0 aliphatic heterocycles. The molecule has 4 rings (SSSR count). The first kappa shape index (κ1) is 72.1. The molecule has 376 valence electrons. The maximum atomic E-state index is 12.4. The first-order valence-corrected chi connectivity index (χ1v) is 24.1. The molecule has 0 spiro atoms. The fraction of sp³-hybridized carbons (Fsp3) is 0.211. The summed E-state index contributed by atoms with van der Waals surface area (Å²) in [7, 11) is -15.1. The summed E-state index contributed by atoms with van der Waals surface area (Å²) in [4.78, 5) is 42.5. The number of anilines is 3. The molecule has 7 N–H and O–H groups in total. The number of nitrogens with one attached hydrogen (secondary N) is 2. The van der Waals surface area contributed by atoms with Crippen LogP contribution in [0.2, 0.25) is 0 Å². The minimum Gasteiger partial charge on any atom is -0.726 e. The van der Waals surface area contributed by atoms with Crippen molar-refractivity contribution >= 4 is 93.2 Å². The molecule has 4 aromatic carbocycles. The Morgan fingerprint density at radius 3 is 1.67 bits per heavy atom. The number of benzene rings is 4. The zero-order chi connectivity index (χ0) is 51.6. The van der Waals surface area contributed by atoms with E-state index in [4.69, 9.17) is 42.7 Å². The Bertz CT molecular complexity index is 2800. The van der Waals surface area contributed by atoms with Gasteiger partial charge in [0.1, 0.15) is 17.3 Å². The molecular formula is C38H46ClN6Na2O19S4-. The summed E-state index contributed by atoms with van der Waals surface area (Å²) in [5.41, 5.74) is 7.93. The second-order valence-corrected chi connectivity index (χ2v) is 18.6. The number of azo groups is 1. The van der Waals surface area contributed by atoms with Crippen LogP contribution >= 0.6 is 12.4 Å². The Balaban J connectivity index is -0.000000441. The number of allylic oxidation sites excluding steroid dienone is 1. The molecule has 32 heteroatoms. The van der Waals surface area contributed by atoms with Crippen molar-refractivity contribution in [3.05, 3.63) is 131 Å². The van der Waals surface area contributed by atoms with Gasteiger partial charge in [0.15, 0.2) is 25.4 Å². The summed E-state index contributed by atoms with van der Waals surface area (Å²) in [5.74, 6) is -1.62. The van der Waals surface area contributed by atoms with E-state index in [0.717, 1.165) is 10.9 Å². The third kappa shape index (κ3) is 32.4. The van der Waals surface area contributed by atoms with Crippen LogP contribution in [0.1, 0.15) is 25.8 Å². The molecule has 4 aromatic rings. The van der Waals surface area contributed by atoms with E-state index in [1.54, 1.807) is 36.4 Å². The van der Waals surface area contributed by atoms with E-state index in [1.165, 1.54) is 69.5 Å². The predicted octanol–water partition coefficient (Wildman–Crippen LogP) is -0.726. The molecule has 0 radical (unpaired) electrons. The summed E-state index contributed by atoms with van der Waals surface area (Å²) in [6, 6.07) is 25.4. The molecule has 0 aliphatic carbocycles. The second kappa shape index (κ2) is 35.6. The molecule has 0 heterocycles. The summed E-state index contributed by atoms with van der Waals surface area (Å²) in [6.07, 6.45) is -0.113. The van der Waals surface area contributed by atoms with Crippen molar-refractivity contribution in [2.45, 2.75) is 37.0 Å². The number of hydrogen-bond donors (Lipinski definition) is 6. The molecule has 0 aromatic heterocycles. The second-order valence-electron chi connectivity index (χ2n) is 12.5. The standard InChI is InChI=1S/C19H20N3O4S.C11H13NO3.C8H11NO6S2.ClH.HNO2.2Na.H2O4S/c1-4-27(25,26)16-11-9-15(10-12-16)21-22-18(14(3)23)19(24)20-17-8-6-5-7-13(17)2;1-8(13)7-11(14)12-9-5-3-4-6-10(9)15-2;9-7-1-3-8(4-2-7)16(10,11)6-5-15-17(12,13)14;;2-1-3;;;1-5(2,3)4/h5-12,23H,1,4H2,2-3H3,(H,20,24);3-6H,7H2,1-2H3,(H,12,14);1-4H,5-6,9H2,(H,12,13,14);1H;(H,2,3);;;(H2,1,2,3,4)/q-1;;;;;2*+1;/p-2. The van der Waals surface area contributed by atoms with Gasteiger partial charge in [-0.05, 0) is 93.1 Å². The van der Waals surface area contributed by atoms with Gasteiger partial charge in [-0.3, -0.25) is 23.5 Å². The summed E-state index contributed by atoms with van der Waals surface area (Å²) < 4.78 is 117. The predicted molar refractivity (Wildman–Crippen MR) is 250 cm³/mol. The average Bonchev–Trinajstić information content (AvgIpc) is 3.21. The summed E-state index contributed by atoms with van der Waals surface area (Å²) >= 11 is 0. The minimum atomic E-state index is -4.92. The van der Waals surface area contributed by atoms with Gasteiger partial charge in [0.25, 0.3) is 5.91 Å². The van der Waals surface area contributed by atoms with Gasteiger partial charge in [0.05, 0.1) is 47.1 Å². The Morgan fingerprint density at radius 2 is 1.23 bits per heavy atom. The van der Waals surface area contributed by atoms with Crippen molar-refractivity contribution < 1.29 is 135 Å². The monoisotopic (exact) mass is 1100 g/mol. The van der Waals surface area contributed by atoms with Gasteiger partial charge in [-0.25, -0.2) is 29.4 Å². The fourth-order valence-electron chi connectivity index (χ4n) is 4.33. The Labute approximate surface area is 455 Å². The number of ether oxygens (including phenoxy) is 1. The van der Waals surface area contributed by atoms with Crippen molar-refractivity contribution in [2.75, 3.05) is 41.6 Å². The number of carbonyl (C=O) groups excluding carboxylic acids is 3. The van der Waals surface area contributed by atoms with E-state index in [0.29, 0.717) is 28.5 Å². The Morgan fingerprint density at radius 1 is 0.771 bits per heavy atom. The molecular weight excluding hydrogens is 1050 g/mol. The van der Waals surface area contributed by atoms with Crippen molar-refractivity contribution in [2.24, 2.45) is 15.6 Å². The van der Waals surface area contributed by atoms with Crippen LogP contribution in [0.15, 0.2) is 134 Å². The molecule has 0 atom stereocenters. The van der Waals surface area contributed by atoms with Crippen LogP contribution in [-0.2, 0) is 59.0 Å². The van der Waals surface area contributed by atoms with Crippen LogP contribution in [-0.4, -0.2) is 95.3 Å². The number of aliphatic hydroxyl groups is 1. The quantitative estimate of drug-likeness (QED) is 0.00731. The van der Waals surface area contributed by atoms with Crippen LogP contribution in [0.5, 0.6) is 5.75 Å². The van der Waals surface area contributed by atoms with Crippen molar-refractivity contribution in [3.8, 4) is 5.75 Å². The molecule has 0 saturated heterocycles. The van der Waals surface area contributed by atoms with E-state index in [2.05, 4.69) is 32.0 Å². The zero-order valence-electron chi connectivity index (χ0n) is 38.1. The number of aliphatic hydroxyl groups excluding tert-OH is 1. The first-order valence-electron chi connectivity index (χ1n) is 18.1. The van der Waals surface area contributed by atoms with E-state index in [-0.39, 0.29) is 117 Å². The number of sulfone groups is 2. The minimum absolute atomic E-state index is 0. The molecule has 70 heavy (non-hydrogen) atoms. The van der Waals surface area contributed by atoms with E-state index in [1.807, 2.05) is 19.1 Å². The number of nitrogens with two attached hydrogens (primary N) is 1. The molecule has 0 unspecified atom stereocenters. The molecule has 0 bridgehead atoms. The van der Waals surface area contributed by atoms with E-state index in [9.17, 15) is 44.7 Å². The van der Waals surface area contributed by atoms with Crippen molar-refractivity contribution in [1.82, 2.24) is 0 Å². The normalized spacial score (nSPS) is 11.0. The number of nitrogen functional groups attached to an aromatic ring is 1. The SMILES string of the molecule is COc1ccccc1NC(=O)CC(C)=O.Cl.Nc1ccc(S(=O)(=O)CCOS(=O)(=O)O)cc1.O=N[O-].O=S(=O)([O-])O.[CH2-]CS(=O)(=O)c1ccc(N=NC(C(=O)Nc2ccccc2C)=C(C)O)cc1.[Na+].[Na+]. The van der Waals surface area contributed by atoms with Crippen molar-refractivity contribution in [1.29, 1.82) is 0 Å². The largest absolute Gasteiger partial charge is 1.00 e. The maximum Gasteiger partial charge on any atom is 1.00 e.